The number of nitrogens with zero attached hydrogens (tertiary/aromatic N) is 2. The van der Waals surface area contributed by atoms with Crippen LogP contribution in [0.1, 0.15) is 5.82 Å². The molecule has 0 spiro atoms. The van der Waals surface area contributed by atoms with E-state index in [0.29, 0.717) is 18.8 Å². The van der Waals surface area contributed by atoms with Crippen molar-refractivity contribution in [3.8, 4) is 17.0 Å². The van der Waals surface area contributed by atoms with Crippen LogP contribution < -0.4 is 10.1 Å². The normalized spacial score (nSPS) is 12.6. The van der Waals surface area contributed by atoms with Gasteiger partial charge in [0.05, 0.1) is 17.6 Å². The summed E-state index contributed by atoms with van der Waals surface area (Å²) in [5, 5.41) is 19.6. The van der Waals surface area contributed by atoms with Crippen LogP contribution in [0, 0.1) is 0 Å². The summed E-state index contributed by atoms with van der Waals surface area (Å²) >= 11 is 1.59. The molecule has 0 bridgehead atoms. The predicted octanol–water partition coefficient (Wildman–Crippen LogP) is 3.96. The fraction of sp³-hybridized carbons (Fsp3) is 0.182. The van der Waals surface area contributed by atoms with E-state index >= 15 is 0 Å². The number of benzene rings is 2. The second kappa shape index (κ2) is 8.27. The van der Waals surface area contributed by atoms with E-state index in [1.807, 2.05) is 60.0 Å². The molecule has 0 amide bonds. The maximum atomic E-state index is 10.3. The van der Waals surface area contributed by atoms with Gasteiger partial charge < -0.3 is 24.7 Å². The van der Waals surface area contributed by atoms with Crippen LogP contribution in [-0.4, -0.2) is 39.5 Å². The number of imidazole rings is 1. The predicted molar refractivity (Wildman–Crippen MR) is 117 cm³/mol. The average molecular weight is 420 g/mol. The second-order valence-corrected chi connectivity index (χ2v) is 7.89. The average Bonchev–Trinajstić information content (AvgIpc) is 3.47. The lowest BCUT2D eigenvalue weighted by molar-refractivity contribution is 0.106. The second-order valence-electron chi connectivity index (χ2n) is 6.97. The number of para-hydroxylation sites is 2. The molecule has 0 fully saturated rings. The Kier molecular flexibility index (Phi) is 5.18. The van der Waals surface area contributed by atoms with E-state index in [9.17, 15) is 5.11 Å². The molecule has 8 heteroatoms. The maximum Gasteiger partial charge on any atom is 0.178 e. The minimum absolute atomic E-state index is 0.184. The topological polar surface area (TPSA) is 96.2 Å². The third-order valence-electron chi connectivity index (χ3n) is 4.74. The molecule has 3 N–H and O–H groups in total. The highest BCUT2D eigenvalue weighted by Crippen LogP contribution is 2.33. The summed E-state index contributed by atoms with van der Waals surface area (Å²) in [5.41, 5.74) is 4.45. The number of hydrogen-bond acceptors (Lipinski definition) is 7. The molecule has 30 heavy (non-hydrogen) atoms. The molecule has 152 valence electrons. The summed E-state index contributed by atoms with van der Waals surface area (Å²) < 4.78 is 12.1. The number of aliphatic hydroxyl groups is 1. The number of H-pyrrole nitrogens is 1. The maximum absolute atomic E-state index is 10.3. The number of nitrogens with one attached hydrogen (secondary N) is 2. The minimum Gasteiger partial charge on any atom is -0.491 e. The SMILES string of the molecule is O[C@H](CNCc1nc2ccccc2[nH]1)COc1cccc(-c2noc3ccsc23)c1. The van der Waals surface area contributed by atoms with E-state index in [2.05, 4.69) is 20.4 Å². The first-order valence-corrected chi connectivity index (χ1v) is 10.5. The van der Waals surface area contributed by atoms with Crippen LogP contribution in [0.2, 0.25) is 0 Å². The Morgan fingerprint density at radius 3 is 3.03 bits per heavy atom. The van der Waals surface area contributed by atoms with E-state index in [1.54, 1.807) is 11.3 Å². The van der Waals surface area contributed by atoms with Crippen LogP contribution in [-0.2, 0) is 6.54 Å². The Bertz CT molecular complexity index is 1240. The van der Waals surface area contributed by atoms with Crippen molar-refractivity contribution in [2.24, 2.45) is 0 Å². The molecule has 3 heterocycles. The third-order valence-corrected chi connectivity index (χ3v) is 5.64. The molecule has 0 aliphatic heterocycles. The van der Waals surface area contributed by atoms with Crippen molar-refractivity contribution in [1.82, 2.24) is 20.4 Å². The van der Waals surface area contributed by atoms with Crippen molar-refractivity contribution in [2.75, 3.05) is 13.2 Å². The molecule has 1 atom stereocenters. The zero-order valence-electron chi connectivity index (χ0n) is 16.0. The van der Waals surface area contributed by atoms with Crippen LogP contribution in [0.15, 0.2) is 64.5 Å². The first-order chi connectivity index (χ1) is 14.8. The lowest BCUT2D eigenvalue weighted by Gasteiger charge is -2.13. The molecule has 0 saturated heterocycles. The fourth-order valence-electron chi connectivity index (χ4n) is 3.29. The Balaban J connectivity index is 1.14. The van der Waals surface area contributed by atoms with E-state index in [0.717, 1.165) is 38.4 Å². The highest BCUT2D eigenvalue weighted by atomic mass is 32.1. The molecule has 0 aliphatic carbocycles. The quantitative estimate of drug-likeness (QED) is 0.352. The summed E-state index contributed by atoms with van der Waals surface area (Å²) in [6.07, 6.45) is -0.644. The van der Waals surface area contributed by atoms with E-state index in [-0.39, 0.29) is 6.61 Å². The molecule has 2 aromatic carbocycles. The van der Waals surface area contributed by atoms with Crippen molar-refractivity contribution in [3.05, 3.63) is 65.8 Å². The number of rotatable bonds is 8. The van der Waals surface area contributed by atoms with Gasteiger partial charge in [0, 0.05) is 12.1 Å². The number of hydrogen-bond donors (Lipinski definition) is 3. The number of fused-ring (bicyclic) bond motifs is 2. The minimum atomic E-state index is -0.644. The molecular formula is C22H20N4O3S. The molecule has 3 aromatic heterocycles. The van der Waals surface area contributed by atoms with Gasteiger partial charge in [0.15, 0.2) is 5.58 Å². The smallest absolute Gasteiger partial charge is 0.178 e. The molecule has 7 nitrogen and oxygen atoms in total. The van der Waals surface area contributed by atoms with Crippen molar-refractivity contribution in [2.45, 2.75) is 12.6 Å². The van der Waals surface area contributed by atoms with Crippen molar-refractivity contribution in [1.29, 1.82) is 0 Å². The van der Waals surface area contributed by atoms with Gasteiger partial charge in [-0.05, 0) is 35.7 Å². The van der Waals surface area contributed by atoms with Gasteiger partial charge in [-0.15, -0.1) is 11.3 Å². The van der Waals surface area contributed by atoms with Crippen molar-refractivity contribution in [3.63, 3.8) is 0 Å². The van der Waals surface area contributed by atoms with Crippen LogP contribution in [0.5, 0.6) is 5.75 Å². The van der Waals surface area contributed by atoms with Crippen LogP contribution in [0.4, 0.5) is 0 Å². The van der Waals surface area contributed by atoms with Crippen LogP contribution in [0.3, 0.4) is 0 Å². The van der Waals surface area contributed by atoms with Gasteiger partial charge in [0.25, 0.3) is 0 Å². The Morgan fingerprint density at radius 1 is 1.17 bits per heavy atom. The number of aromatic nitrogens is 3. The van der Waals surface area contributed by atoms with Crippen molar-refractivity contribution >= 4 is 32.7 Å². The van der Waals surface area contributed by atoms with E-state index in [4.69, 9.17) is 9.26 Å². The monoisotopic (exact) mass is 420 g/mol. The van der Waals surface area contributed by atoms with E-state index in [1.165, 1.54) is 0 Å². The highest BCUT2D eigenvalue weighted by molar-refractivity contribution is 7.17. The molecule has 5 aromatic rings. The molecular weight excluding hydrogens is 400 g/mol. The summed E-state index contributed by atoms with van der Waals surface area (Å²) in [6.45, 7) is 1.13. The van der Waals surface area contributed by atoms with Gasteiger partial charge >= 0.3 is 0 Å². The van der Waals surface area contributed by atoms with Crippen molar-refractivity contribution < 1.29 is 14.4 Å². The third kappa shape index (κ3) is 3.93. The van der Waals surface area contributed by atoms with Gasteiger partial charge in [0.1, 0.15) is 34.7 Å². The van der Waals surface area contributed by atoms with Crippen LogP contribution in [0.25, 0.3) is 32.6 Å². The highest BCUT2D eigenvalue weighted by Gasteiger charge is 2.13. The molecule has 0 aliphatic rings. The lowest BCUT2D eigenvalue weighted by Crippen LogP contribution is -2.31. The summed E-state index contributed by atoms with van der Waals surface area (Å²) in [6, 6.07) is 17.4. The van der Waals surface area contributed by atoms with Gasteiger partial charge in [-0.1, -0.05) is 29.4 Å². The number of aromatic amines is 1. The van der Waals surface area contributed by atoms with Crippen LogP contribution >= 0.6 is 11.3 Å². The van der Waals surface area contributed by atoms with Gasteiger partial charge in [-0.3, -0.25) is 0 Å². The molecule has 0 saturated carbocycles. The lowest BCUT2D eigenvalue weighted by atomic mass is 10.1. The van der Waals surface area contributed by atoms with E-state index < -0.39 is 6.10 Å². The molecule has 5 rings (SSSR count). The number of ether oxygens (including phenoxy) is 1. The van der Waals surface area contributed by atoms with Gasteiger partial charge in [-0.25, -0.2) is 4.98 Å². The standard InChI is InChI=1S/C22H20N4O3S/c27-15(11-23-12-20-24-17-6-1-2-7-18(17)25-20)13-28-16-5-3-4-14(10-16)21-22-19(29-26-21)8-9-30-22/h1-10,15,23,27H,11-13H2,(H,24,25)/t15-/m1/s1. The Morgan fingerprint density at radius 2 is 2.10 bits per heavy atom. The fourth-order valence-corrected chi connectivity index (χ4v) is 4.11. The Labute approximate surface area is 176 Å². The van der Waals surface area contributed by atoms with Gasteiger partial charge in [0.2, 0.25) is 0 Å². The number of thiophene rings is 1. The summed E-state index contributed by atoms with van der Waals surface area (Å²) in [4.78, 5) is 7.77. The zero-order valence-corrected chi connectivity index (χ0v) is 16.9. The largest absolute Gasteiger partial charge is 0.491 e. The Hall–Kier alpha value is -3.20. The molecule has 0 radical (unpaired) electrons. The number of aliphatic hydroxyl groups excluding tert-OH is 1. The zero-order chi connectivity index (χ0) is 20.3. The summed E-state index contributed by atoms with van der Waals surface area (Å²) in [5.74, 6) is 1.51. The first kappa shape index (κ1) is 18.8. The first-order valence-electron chi connectivity index (χ1n) is 9.65. The van der Waals surface area contributed by atoms with Gasteiger partial charge in [-0.2, -0.15) is 0 Å². The summed E-state index contributed by atoms with van der Waals surface area (Å²) in [7, 11) is 0. The molecule has 0 unspecified atom stereocenters.